The number of nitrogen functional groups attached to an aromatic ring is 1. The lowest BCUT2D eigenvalue weighted by molar-refractivity contribution is -0.689. The van der Waals surface area contributed by atoms with Crippen LogP contribution in [0, 0.1) is 0 Å². The number of esters is 1. The van der Waals surface area contributed by atoms with Gasteiger partial charge in [0.15, 0.2) is 29.8 Å². The Kier molecular flexibility index (Phi) is 14.1. The number of pyridine rings is 2. The second kappa shape index (κ2) is 19.2. The van der Waals surface area contributed by atoms with Crippen molar-refractivity contribution in [1.29, 1.82) is 0 Å². The number of nitrogens with zero attached hydrogens (tertiary/aromatic N) is 6. The van der Waals surface area contributed by atoms with E-state index in [1.165, 1.54) is 35.9 Å². The number of anilines is 2. The van der Waals surface area contributed by atoms with Crippen molar-refractivity contribution in [3.8, 4) is 0 Å². The van der Waals surface area contributed by atoms with E-state index >= 15 is 0 Å². The zero-order valence-electron chi connectivity index (χ0n) is 33.0. The molecule has 312 valence electrons. The van der Waals surface area contributed by atoms with Gasteiger partial charge < -0.3 is 45.6 Å². The Bertz CT molecular complexity index is 2240. The topological polar surface area (TPSA) is 208 Å². The number of carbonyl (C=O) groups is 4. The van der Waals surface area contributed by atoms with Gasteiger partial charge in [-0.3, -0.25) is 14.6 Å². The number of fused-ring (bicyclic) bond motifs is 2. The third-order valence-corrected chi connectivity index (χ3v) is 12.0. The van der Waals surface area contributed by atoms with Crippen LogP contribution in [0.25, 0.3) is 10.9 Å². The number of amides is 2. The van der Waals surface area contributed by atoms with Crippen LogP contribution in [0.1, 0.15) is 46.2 Å². The number of carboxylic acids is 1. The zero-order chi connectivity index (χ0) is 42.3. The molecule has 2 unspecified atom stereocenters. The number of thioether (sulfide) groups is 1. The Balaban J connectivity index is 1.01. The molecule has 4 atom stereocenters. The SMILES string of the molecule is CCN(CCCC(C)Nc1ccnc2cc(Cl)ccc12)CCOC(=O)C(C)(C)O/N=C(\C(=O)N[C@@H]1C(=O)N2C(C(=O)[O-])C(C[n+]3ccccc3)=CS[C@H]12)c1csc(N)n1. The molecule has 0 spiro atoms. The van der Waals surface area contributed by atoms with E-state index in [-0.39, 0.29) is 35.7 Å². The van der Waals surface area contributed by atoms with E-state index in [2.05, 4.69) is 37.6 Å². The number of β-lactam (4-membered cyclic amide) rings is 1. The van der Waals surface area contributed by atoms with Gasteiger partial charge in [-0.2, -0.15) is 0 Å². The van der Waals surface area contributed by atoms with Crippen LogP contribution in [0.5, 0.6) is 0 Å². The van der Waals surface area contributed by atoms with Gasteiger partial charge in [0.05, 0.1) is 11.5 Å². The molecule has 16 nitrogen and oxygen atoms in total. The highest BCUT2D eigenvalue weighted by molar-refractivity contribution is 8.03. The minimum Gasteiger partial charge on any atom is -0.548 e. The molecule has 2 amide bonds. The van der Waals surface area contributed by atoms with Crippen LogP contribution in [-0.4, -0.2) is 105 Å². The van der Waals surface area contributed by atoms with Crippen LogP contribution in [0.2, 0.25) is 5.02 Å². The third-order valence-electron chi connectivity index (χ3n) is 9.86. The van der Waals surface area contributed by atoms with Crippen molar-refractivity contribution in [1.82, 2.24) is 25.1 Å². The fourth-order valence-electron chi connectivity index (χ4n) is 6.66. The largest absolute Gasteiger partial charge is 0.548 e. The number of oxime groups is 1. The maximum absolute atomic E-state index is 13.7. The predicted molar refractivity (Wildman–Crippen MR) is 224 cm³/mol. The van der Waals surface area contributed by atoms with Gasteiger partial charge in [-0.1, -0.05) is 29.7 Å². The zero-order valence-corrected chi connectivity index (χ0v) is 35.4. The van der Waals surface area contributed by atoms with E-state index in [0.717, 1.165) is 53.9 Å². The smallest absolute Gasteiger partial charge is 0.352 e. The van der Waals surface area contributed by atoms with Crippen molar-refractivity contribution >= 4 is 85.9 Å². The molecule has 2 aliphatic rings. The predicted octanol–water partition coefficient (Wildman–Crippen LogP) is 2.96. The van der Waals surface area contributed by atoms with Crippen LogP contribution in [-0.2, 0) is 35.3 Å². The van der Waals surface area contributed by atoms with Crippen molar-refractivity contribution in [3.63, 3.8) is 0 Å². The molecule has 6 rings (SSSR count). The maximum Gasteiger partial charge on any atom is 0.352 e. The summed E-state index contributed by atoms with van der Waals surface area (Å²) < 4.78 is 7.38. The fraction of sp³-hybridized carbons (Fsp3) is 0.400. The first kappa shape index (κ1) is 43.3. The van der Waals surface area contributed by atoms with Crippen molar-refractivity contribution in [2.45, 2.75) is 76.2 Å². The Morgan fingerprint density at radius 2 is 1.97 bits per heavy atom. The highest BCUT2D eigenvalue weighted by Gasteiger charge is 2.55. The standard InChI is InChI=1S/C40H46ClN9O7S2/c1-5-48(17-9-10-24(2)44-28-13-14-43-29-20-26(41)11-12-27(28)29)18-19-56-38(55)40(3,4)57-47-31(30-23-59-39(42)45-30)34(51)46-32-35(52)50-33(37(53)54)25(22-58-36(32)50)21-49-15-7-6-8-16-49/h6-8,11-16,20,22-24,32-33,36H,5,9-10,17-19,21H2,1-4H3,(H4-,42,43,44,45,46,51,53,54)/b47-31-/t24?,32-,33?,36-/m1/s1. The summed E-state index contributed by atoms with van der Waals surface area (Å²) in [5.74, 6) is -3.57. The molecule has 0 bridgehead atoms. The maximum atomic E-state index is 13.7. The summed E-state index contributed by atoms with van der Waals surface area (Å²) in [7, 11) is 0. The number of halogens is 1. The summed E-state index contributed by atoms with van der Waals surface area (Å²) in [6.45, 7) is 9.47. The highest BCUT2D eigenvalue weighted by atomic mass is 35.5. The number of nitrogens with two attached hydrogens (primary N) is 1. The normalized spacial score (nSPS) is 18.4. The number of rotatable bonds is 19. The lowest BCUT2D eigenvalue weighted by Gasteiger charge is -2.52. The van der Waals surface area contributed by atoms with Gasteiger partial charge in [0.25, 0.3) is 5.91 Å². The molecule has 19 heteroatoms. The number of hydrogen-bond acceptors (Lipinski definition) is 15. The van der Waals surface area contributed by atoms with Crippen LogP contribution < -0.4 is 26.0 Å². The Labute approximate surface area is 354 Å². The van der Waals surface area contributed by atoms with Crippen molar-refractivity contribution in [3.05, 3.63) is 88.1 Å². The molecule has 1 fully saturated rings. The second-order valence-corrected chi connectivity index (χ2v) is 16.9. The van der Waals surface area contributed by atoms with Gasteiger partial charge in [0, 0.05) is 58.0 Å². The van der Waals surface area contributed by atoms with Crippen LogP contribution in [0.3, 0.4) is 0 Å². The molecule has 0 radical (unpaired) electrons. The number of aromatic nitrogens is 3. The average molecular weight is 864 g/mol. The van der Waals surface area contributed by atoms with E-state index in [9.17, 15) is 24.3 Å². The number of nitrogens with one attached hydrogen (secondary N) is 2. The molecule has 2 aliphatic heterocycles. The first-order chi connectivity index (χ1) is 28.2. The molecule has 0 saturated carbocycles. The molecule has 3 aromatic heterocycles. The Hall–Kier alpha value is -5.30. The molecule has 1 saturated heterocycles. The van der Waals surface area contributed by atoms with Crippen LogP contribution in [0.4, 0.5) is 10.8 Å². The fourth-order valence-corrected chi connectivity index (χ4v) is 8.59. The lowest BCUT2D eigenvalue weighted by Crippen LogP contribution is -2.75. The van der Waals surface area contributed by atoms with E-state index in [0.29, 0.717) is 17.1 Å². The molecular weight excluding hydrogens is 818 g/mol. The molecule has 59 heavy (non-hydrogen) atoms. The average Bonchev–Trinajstić information content (AvgIpc) is 3.64. The molecular formula is C40H46ClN9O7S2. The summed E-state index contributed by atoms with van der Waals surface area (Å²) >= 11 is 8.41. The van der Waals surface area contributed by atoms with E-state index in [4.69, 9.17) is 26.9 Å². The van der Waals surface area contributed by atoms with Crippen molar-refractivity contribution < 1.29 is 38.4 Å². The second-order valence-electron chi connectivity index (χ2n) is 14.6. The first-order valence-electron chi connectivity index (χ1n) is 19.1. The number of benzene rings is 1. The van der Waals surface area contributed by atoms with Crippen molar-refractivity contribution in [2.24, 2.45) is 5.16 Å². The lowest BCUT2D eigenvalue weighted by atomic mass is 9.97. The monoisotopic (exact) mass is 863 g/mol. The Morgan fingerprint density at radius 1 is 1.19 bits per heavy atom. The number of carbonyl (C=O) groups excluding carboxylic acids is 4. The van der Waals surface area contributed by atoms with E-state index in [1.807, 2.05) is 49.4 Å². The minimum absolute atomic E-state index is 0.0610. The van der Waals surface area contributed by atoms with E-state index < -0.39 is 46.8 Å². The molecule has 0 aliphatic carbocycles. The summed E-state index contributed by atoms with van der Waals surface area (Å²) in [4.78, 5) is 70.1. The Morgan fingerprint density at radius 3 is 2.68 bits per heavy atom. The van der Waals surface area contributed by atoms with Crippen LogP contribution in [0.15, 0.2) is 82.6 Å². The number of likely N-dealkylation sites (N-methyl/N-ethyl adjacent to an activating group) is 1. The van der Waals surface area contributed by atoms with Gasteiger partial charge in [0.1, 0.15) is 29.8 Å². The summed E-state index contributed by atoms with van der Waals surface area (Å²) in [6, 6.07) is 10.9. The molecule has 4 aromatic rings. The van der Waals surface area contributed by atoms with Gasteiger partial charge in [-0.05, 0) is 76.4 Å². The van der Waals surface area contributed by atoms with Crippen LogP contribution >= 0.6 is 34.7 Å². The number of ether oxygens (including phenoxy) is 1. The summed E-state index contributed by atoms with van der Waals surface area (Å²) in [6.07, 6.45) is 7.15. The highest BCUT2D eigenvalue weighted by Crippen LogP contribution is 2.40. The number of thiazole rings is 1. The minimum atomic E-state index is -1.62. The summed E-state index contributed by atoms with van der Waals surface area (Å²) in [5, 5.41) is 26.8. The van der Waals surface area contributed by atoms with Gasteiger partial charge in [0.2, 0.25) is 11.5 Å². The third kappa shape index (κ3) is 10.5. The molecule has 1 aromatic carbocycles. The number of hydrogen-bond donors (Lipinski definition) is 3. The summed E-state index contributed by atoms with van der Waals surface area (Å²) in [5.41, 5.74) is 6.26. The van der Waals surface area contributed by atoms with Gasteiger partial charge in [-0.15, -0.1) is 23.1 Å². The quantitative estimate of drug-likeness (QED) is 0.0408. The molecule has 5 heterocycles. The first-order valence-corrected chi connectivity index (χ1v) is 21.3. The van der Waals surface area contributed by atoms with E-state index in [1.54, 1.807) is 28.6 Å². The van der Waals surface area contributed by atoms with Crippen molar-refractivity contribution in [2.75, 3.05) is 37.3 Å². The van der Waals surface area contributed by atoms with Gasteiger partial charge >= 0.3 is 5.97 Å². The number of aliphatic carboxylic acids is 1. The number of carboxylic acid groups (broad SMARTS) is 1. The van der Waals surface area contributed by atoms with Gasteiger partial charge in [-0.25, -0.2) is 14.3 Å². The molecule has 4 N–H and O–H groups in total.